The van der Waals surface area contributed by atoms with Crippen LogP contribution in [0.25, 0.3) is 11.5 Å². The van der Waals surface area contributed by atoms with Crippen LogP contribution < -0.4 is 4.74 Å². The van der Waals surface area contributed by atoms with Crippen molar-refractivity contribution in [2.24, 2.45) is 0 Å². The summed E-state index contributed by atoms with van der Waals surface area (Å²) >= 11 is 3.47. The third-order valence-corrected chi connectivity index (χ3v) is 2.59. The topological polar surface area (TPSA) is 35.3 Å². The normalized spacial score (nSPS) is 10.8. The zero-order chi connectivity index (χ0) is 11.5. The van der Waals surface area contributed by atoms with Gasteiger partial charge in [-0.1, -0.05) is 0 Å². The fraction of sp³-hybridized carbons (Fsp3) is 0.250. The standard InChI is InChI=1S/C12H12BrNO2/c1-8(2)16-11-4-3-9(7-10(11)13)12-14-5-6-15-12/h3-8H,1-2H3. The molecule has 0 aliphatic heterocycles. The molecule has 0 amide bonds. The summed E-state index contributed by atoms with van der Waals surface area (Å²) in [5, 5.41) is 0. The maximum Gasteiger partial charge on any atom is 0.225 e. The SMILES string of the molecule is CC(C)Oc1ccc(-c2ncco2)cc1Br. The Labute approximate surface area is 103 Å². The molecule has 1 aromatic carbocycles. The van der Waals surface area contributed by atoms with Gasteiger partial charge in [0.2, 0.25) is 5.89 Å². The highest BCUT2D eigenvalue weighted by atomic mass is 79.9. The summed E-state index contributed by atoms with van der Waals surface area (Å²) in [7, 11) is 0. The van der Waals surface area contributed by atoms with Crippen LogP contribution >= 0.6 is 15.9 Å². The Morgan fingerprint density at radius 2 is 2.19 bits per heavy atom. The summed E-state index contributed by atoms with van der Waals surface area (Å²) in [5.74, 6) is 1.43. The number of aromatic nitrogens is 1. The van der Waals surface area contributed by atoms with Gasteiger partial charge in [0, 0.05) is 5.56 Å². The third-order valence-electron chi connectivity index (χ3n) is 1.97. The number of halogens is 1. The van der Waals surface area contributed by atoms with Crippen molar-refractivity contribution in [3.8, 4) is 17.2 Å². The summed E-state index contributed by atoms with van der Waals surface area (Å²) in [5.41, 5.74) is 0.924. The summed E-state index contributed by atoms with van der Waals surface area (Å²) in [4.78, 5) is 4.09. The highest BCUT2D eigenvalue weighted by Gasteiger charge is 2.08. The van der Waals surface area contributed by atoms with E-state index in [0.717, 1.165) is 15.8 Å². The smallest absolute Gasteiger partial charge is 0.225 e. The maximum absolute atomic E-state index is 5.62. The average Bonchev–Trinajstić information content (AvgIpc) is 2.73. The third kappa shape index (κ3) is 2.44. The van der Waals surface area contributed by atoms with Gasteiger partial charge in [-0.2, -0.15) is 0 Å². The second kappa shape index (κ2) is 4.70. The van der Waals surface area contributed by atoms with E-state index in [9.17, 15) is 0 Å². The highest BCUT2D eigenvalue weighted by Crippen LogP contribution is 2.30. The van der Waals surface area contributed by atoms with Crippen LogP contribution in [0.5, 0.6) is 5.75 Å². The Bertz CT molecular complexity index is 466. The van der Waals surface area contributed by atoms with Crippen LogP contribution in [-0.4, -0.2) is 11.1 Å². The van der Waals surface area contributed by atoms with Crippen molar-refractivity contribution in [1.82, 2.24) is 4.98 Å². The van der Waals surface area contributed by atoms with Crippen molar-refractivity contribution in [3.63, 3.8) is 0 Å². The molecule has 2 rings (SSSR count). The van der Waals surface area contributed by atoms with Gasteiger partial charge < -0.3 is 9.15 Å². The molecule has 4 heteroatoms. The minimum atomic E-state index is 0.156. The van der Waals surface area contributed by atoms with Gasteiger partial charge in [-0.3, -0.25) is 0 Å². The fourth-order valence-corrected chi connectivity index (χ4v) is 1.82. The lowest BCUT2D eigenvalue weighted by Crippen LogP contribution is -2.05. The number of oxazole rings is 1. The Morgan fingerprint density at radius 1 is 1.38 bits per heavy atom. The second-order valence-corrected chi connectivity index (χ2v) is 4.50. The molecule has 16 heavy (non-hydrogen) atoms. The molecule has 0 radical (unpaired) electrons. The second-order valence-electron chi connectivity index (χ2n) is 3.65. The van der Waals surface area contributed by atoms with Gasteiger partial charge in [-0.05, 0) is 48.0 Å². The van der Waals surface area contributed by atoms with E-state index in [4.69, 9.17) is 9.15 Å². The van der Waals surface area contributed by atoms with Crippen LogP contribution in [0, 0.1) is 0 Å². The summed E-state index contributed by atoms with van der Waals surface area (Å²) in [6.45, 7) is 3.99. The van der Waals surface area contributed by atoms with Gasteiger partial charge in [0.1, 0.15) is 12.0 Å². The molecule has 0 bridgehead atoms. The molecule has 84 valence electrons. The molecule has 0 unspecified atom stereocenters. The van der Waals surface area contributed by atoms with Crippen LogP contribution in [-0.2, 0) is 0 Å². The van der Waals surface area contributed by atoms with Gasteiger partial charge in [0.05, 0.1) is 16.8 Å². The molecular formula is C12H12BrNO2. The number of rotatable bonds is 3. The molecule has 3 nitrogen and oxygen atoms in total. The molecule has 0 N–H and O–H groups in total. The first-order chi connectivity index (χ1) is 7.66. The van der Waals surface area contributed by atoms with Gasteiger partial charge in [-0.15, -0.1) is 0 Å². The summed E-state index contributed by atoms with van der Waals surface area (Å²) in [6, 6.07) is 5.77. The lowest BCUT2D eigenvalue weighted by Gasteiger charge is -2.11. The quantitative estimate of drug-likeness (QED) is 0.856. The van der Waals surface area contributed by atoms with Crippen LogP contribution in [0.3, 0.4) is 0 Å². The van der Waals surface area contributed by atoms with E-state index in [-0.39, 0.29) is 6.10 Å². The van der Waals surface area contributed by atoms with Crippen molar-refractivity contribution in [1.29, 1.82) is 0 Å². The van der Waals surface area contributed by atoms with E-state index in [1.807, 2.05) is 32.0 Å². The summed E-state index contributed by atoms with van der Waals surface area (Å²) in [6.07, 6.45) is 3.34. The van der Waals surface area contributed by atoms with Crippen LogP contribution in [0.4, 0.5) is 0 Å². The molecule has 1 heterocycles. The van der Waals surface area contributed by atoms with E-state index in [1.165, 1.54) is 0 Å². The molecule has 0 fully saturated rings. The van der Waals surface area contributed by atoms with Gasteiger partial charge in [0.25, 0.3) is 0 Å². The van der Waals surface area contributed by atoms with Crippen LogP contribution in [0.2, 0.25) is 0 Å². The average molecular weight is 282 g/mol. The van der Waals surface area contributed by atoms with Crippen LogP contribution in [0.1, 0.15) is 13.8 Å². The van der Waals surface area contributed by atoms with Crippen molar-refractivity contribution < 1.29 is 9.15 Å². The fourth-order valence-electron chi connectivity index (χ4n) is 1.35. The predicted octanol–water partition coefficient (Wildman–Crippen LogP) is 3.89. The molecule has 0 spiro atoms. The predicted molar refractivity (Wildman–Crippen MR) is 65.4 cm³/mol. The molecule has 0 atom stereocenters. The highest BCUT2D eigenvalue weighted by molar-refractivity contribution is 9.10. The Hall–Kier alpha value is -1.29. The Morgan fingerprint density at radius 3 is 2.75 bits per heavy atom. The monoisotopic (exact) mass is 281 g/mol. The molecule has 0 saturated carbocycles. The van der Waals surface area contributed by atoms with Crippen molar-refractivity contribution in [2.45, 2.75) is 20.0 Å². The molecule has 0 aliphatic carbocycles. The van der Waals surface area contributed by atoms with Crippen molar-refractivity contribution in [2.75, 3.05) is 0 Å². The number of nitrogens with zero attached hydrogens (tertiary/aromatic N) is 1. The first kappa shape index (κ1) is 11.2. The molecule has 0 saturated heterocycles. The minimum Gasteiger partial charge on any atom is -0.490 e. The van der Waals surface area contributed by atoms with Gasteiger partial charge in [-0.25, -0.2) is 4.98 Å². The zero-order valence-electron chi connectivity index (χ0n) is 9.11. The zero-order valence-corrected chi connectivity index (χ0v) is 10.7. The molecule has 2 aromatic rings. The number of benzene rings is 1. The van der Waals surface area contributed by atoms with E-state index in [0.29, 0.717) is 5.89 Å². The first-order valence-electron chi connectivity index (χ1n) is 5.03. The number of ether oxygens (including phenoxy) is 1. The Balaban J connectivity index is 2.29. The van der Waals surface area contributed by atoms with E-state index in [1.54, 1.807) is 12.5 Å². The number of hydrogen-bond acceptors (Lipinski definition) is 3. The van der Waals surface area contributed by atoms with Crippen molar-refractivity contribution in [3.05, 3.63) is 35.1 Å². The molecule has 1 aromatic heterocycles. The molecular weight excluding hydrogens is 270 g/mol. The van der Waals surface area contributed by atoms with E-state index >= 15 is 0 Å². The summed E-state index contributed by atoms with van der Waals surface area (Å²) < 4.78 is 11.7. The largest absolute Gasteiger partial charge is 0.490 e. The minimum absolute atomic E-state index is 0.156. The lowest BCUT2D eigenvalue weighted by molar-refractivity contribution is 0.241. The first-order valence-corrected chi connectivity index (χ1v) is 5.82. The Kier molecular flexibility index (Phi) is 3.29. The van der Waals surface area contributed by atoms with E-state index < -0.39 is 0 Å². The number of hydrogen-bond donors (Lipinski definition) is 0. The van der Waals surface area contributed by atoms with E-state index in [2.05, 4.69) is 20.9 Å². The lowest BCUT2D eigenvalue weighted by atomic mass is 10.2. The van der Waals surface area contributed by atoms with Crippen LogP contribution in [0.15, 0.2) is 39.5 Å². The van der Waals surface area contributed by atoms with Gasteiger partial charge >= 0.3 is 0 Å². The molecule has 0 aliphatic rings. The van der Waals surface area contributed by atoms with Gasteiger partial charge in [0.15, 0.2) is 0 Å². The maximum atomic E-state index is 5.62. The van der Waals surface area contributed by atoms with Crippen molar-refractivity contribution >= 4 is 15.9 Å².